The summed E-state index contributed by atoms with van der Waals surface area (Å²) in [5.41, 5.74) is -0.0884. The summed E-state index contributed by atoms with van der Waals surface area (Å²) in [6.07, 6.45) is 5.32. The molecule has 2 rings (SSSR count). The Kier molecular flexibility index (Phi) is 3.17. The third-order valence-electron chi connectivity index (χ3n) is 3.42. The maximum Gasteiger partial charge on any atom is 0.393 e. The largest absolute Gasteiger partial charge is 0.474 e. The van der Waals surface area contributed by atoms with Gasteiger partial charge >= 0.3 is 11.9 Å². The number of aromatic nitrogens is 2. The van der Waals surface area contributed by atoms with Crippen molar-refractivity contribution in [2.45, 2.75) is 51.4 Å². The summed E-state index contributed by atoms with van der Waals surface area (Å²) in [7, 11) is 0. The second-order valence-electron chi connectivity index (χ2n) is 5.30. The third-order valence-corrected chi connectivity index (χ3v) is 3.42. The lowest BCUT2D eigenvalue weighted by Crippen LogP contribution is -2.24. The molecule has 0 unspecified atom stereocenters. The van der Waals surface area contributed by atoms with Crippen molar-refractivity contribution in [3.8, 4) is 0 Å². The Hall–Kier alpha value is -1.39. The van der Waals surface area contributed by atoms with E-state index in [1.165, 1.54) is 0 Å². The number of hydrogen-bond donors (Lipinski definition) is 1. The number of carbonyl (C=O) groups is 1. The zero-order valence-corrected chi connectivity index (χ0v) is 10.3. The van der Waals surface area contributed by atoms with Crippen LogP contribution in [-0.2, 0) is 5.41 Å². The molecule has 5 nitrogen and oxygen atoms in total. The molecule has 17 heavy (non-hydrogen) atoms. The lowest BCUT2D eigenvalue weighted by Gasteiger charge is -2.26. The van der Waals surface area contributed by atoms with Crippen molar-refractivity contribution >= 4 is 5.97 Å². The van der Waals surface area contributed by atoms with Crippen molar-refractivity contribution in [1.82, 2.24) is 10.2 Å². The Labute approximate surface area is 100 Å². The maximum absolute atomic E-state index is 10.8. The van der Waals surface area contributed by atoms with Crippen LogP contribution in [0.3, 0.4) is 0 Å². The van der Waals surface area contributed by atoms with Gasteiger partial charge < -0.3 is 9.52 Å². The zero-order chi connectivity index (χ0) is 12.5. The van der Waals surface area contributed by atoms with Crippen molar-refractivity contribution in [3.05, 3.63) is 11.8 Å². The number of aromatic carboxylic acids is 1. The monoisotopic (exact) mass is 238 g/mol. The summed E-state index contributed by atoms with van der Waals surface area (Å²) < 4.78 is 5.31. The van der Waals surface area contributed by atoms with E-state index in [1.54, 1.807) is 0 Å². The average Bonchev–Trinajstić information content (AvgIpc) is 2.83. The average molecular weight is 238 g/mol. The topological polar surface area (TPSA) is 76.2 Å². The van der Waals surface area contributed by atoms with Crippen LogP contribution < -0.4 is 0 Å². The fraction of sp³-hybridized carbons (Fsp3) is 0.750. The molecule has 1 heterocycles. The highest BCUT2D eigenvalue weighted by atomic mass is 16.4. The number of rotatable bonds is 4. The highest BCUT2D eigenvalue weighted by Gasteiger charge is 2.41. The number of hydrogen-bond acceptors (Lipinski definition) is 4. The first-order valence-electron chi connectivity index (χ1n) is 6.11. The molecule has 0 radical (unpaired) electrons. The van der Waals surface area contributed by atoms with Gasteiger partial charge in [-0.25, -0.2) is 4.79 Å². The van der Waals surface area contributed by atoms with Crippen LogP contribution in [0.4, 0.5) is 0 Å². The molecule has 0 aromatic carbocycles. The summed E-state index contributed by atoms with van der Waals surface area (Å²) >= 11 is 0. The smallest absolute Gasteiger partial charge is 0.393 e. The van der Waals surface area contributed by atoms with E-state index < -0.39 is 5.97 Å². The van der Waals surface area contributed by atoms with Crippen LogP contribution in [0.5, 0.6) is 0 Å². The normalized spacial score (nSPS) is 18.8. The molecule has 1 aromatic heterocycles. The van der Waals surface area contributed by atoms with E-state index in [0.29, 0.717) is 11.8 Å². The number of nitrogens with zero attached hydrogens (tertiary/aromatic N) is 2. The van der Waals surface area contributed by atoms with E-state index in [0.717, 1.165) is 32.1 Å². The fourth-order valence-electron chi connectivity index (χ4n) is 2.86. The summed E-state index contributed by atoms with van der Waals surface area (Å²) in [4.78, 5) is 10.8. The standard InChI is InChI=1S/C12H18N2O3/c1-8(2)7-12(5-3-4-6-12)11-14-13-9(17-11)10(15)16/h8H,3-7H2,1-2H3,(H,15,16). The van der Waals surface area contributed by atoms with Crippen LogP contribution in [0.2, 0.25) is 0 Å². The molecule has 5 heteroatoms. The molecule has 0 amide bonds. The van der Waals surface area contributed by atoms with Crippen molar-refractivity contribution in [2.24, 2.45) is 5.92 Å². The molecule has 1 saturated carbocycles. The SMILES string of the molecule is CC(C)CC1(c2nnc(C(=O)O)o2)CCCC1. The first-order valence-corrected chi connectivity index (χ1v) is 6.11. The molecular formula is C12H18N2O3. The molecule has 0 saturated heterocycles. The Morgan fingerprint density at radius 1 is 1.41 bits per heavy atom. The minimum absolute atomic E-state index is 0.0884. The lowest BCUT2D eigenvalue weighted by molar-refractivity contribution is 0.0648. The molecule has 1 aliphatic carbocycles. The van der Waals surface area contributed by atoms with Gasteiger partial charge in [-0.15, -0.1) is 10.2 Å². The Bertz CT molecular complexity index is 406. The van der Waals surface area contributed by atoms with Crippen LogP contribution in [0.25, 0.3) is 0 Å². The van der Waals surface area contributed by atoms with Crippen molar-refractivity contribution in [1.29, 1.82) is 0 Å². The van der Waals surface area contributed by atoms with E-state index in [1.807, 2.05) is 0 Å². The number of carboxylic acids is 1. The molecule has 0 atom stereocenters. The predicted octanol–water partition coefficient (Wildman–Crippen LogP) is 2.63. The summed E-state index contributed by atoms with van der Waals surface area (Å²) in [5, 5.41) is 16.4. The van der Waals surface area contributed by atoms with Crippen LogP contribution in [0, 0.1) is 5.92 Å². The molecule has 0 bridgehead atoms. The lowest BCUT2D eigenvalue weighted by atomic mass is 9.78. The van der Waals surface area contributed by atoms with Gasteiger partial charge in [0, 0.05) is 5.41 Å². The van der Waals surface area contributed by atoms with Gasteiger partial charge in [-0.1, -0.05) is 26.7 Å². The molecule has 1 aromatic rings. The summed E-state index contributed by atoms with van der Waals surface area (Å²) in [5.74, 6) is -0.397. The molecule has 0 aliphatic heterocycles. The molecule has 1 N–H and O–H groups in total. The van der Waals surface area contributed by atoms with E-state index in [2.05, 4.69) is 24.0 Å². The quantitative estimate of drug-likeness (QED) is 0.872. The molecular weight excluding hydrogens is 220 g/mol. The van der Waals surface area contributed by atoms with Gasteiger partial charge in [-0.2, -0.15) is 0 Å². The molecule has 0 spiro atoms. The van der Waals surface area contributed by atoms with Crippen LogP contribution >= 0.6 is 0 Å². The fourth-order valence-corrected chi connectivity index (χ4v) is 2.86. The highest BCUT2D eigenvalue weighted by molar-refractivity contribution is 5.81. The Morgan fingerprint density at radius 3 is 2.53 bits per heavy atom. The van der Waals surface area contributed by atoms with Gasteiger partial charge in [0.25, 0.3) is 0 Å². The minimum atomic E-state index is -1.15. The predicted molar refractivity (Wildman–Crippen MR) is 60.9 cm³/mol. The molecule has 1 fully saturated rings. The van der Waals surface area contributed by atoms with E-state index in [4.69, 9.17) is 9.52 Å². The van der Waals surface area contributed by atoms with E-state index >= 15 is 0 Å². The van der Waals surface area contributed by atoms with E-state index in [9.17, 15) is 4.79 Å². The molecule has 94 valence electrons. The minimum Gasteiger partial charge on any atom is -0.474 e. The van der Waals surface area contributed by atoms with Gasteiger partial charge in [-0.3, -0.25) is 0 Å². The van der Waals surface area contributed by atoms with Crippen LogP contribution in [0.15, 0.2) is 4.42 Å². The summed E-state index contributed by atoms with van der Waals surface area (Å²) in [6, 6.07) is 0. The van der Waals surface area contributed by atoms with Crippen molar-refractivity contribution in [2.75, 3.05) is 0 Å². The highest BCUT2D eigenvalue weighted by Crippen LogP contribution is 2.44. The van der Waals surface area contributed by atoms with Crippen molar-refractivity contribution in [3.63, 3.8) is 0 Å². The van der Waals surface area contributed by atoms with Gasteiger partial charge in [0.2, 0.25) is 5.89 Å². The zero-order valence-electron chi connectivity index (χ0n) is 10.3. The first kappa shape index (κ1) is 12.1. The maximum atomic E-state index is 10.8. The van der Waals surface area contributed by atoms with Gasteiger partial charge in [0.15, 0.2) is 0 Å². The second-order valence-corrected chi connectivity index (χ2v) is 5.30. The van der Waals surface area contributed by atoms with Crippen LogP contribution in [0.1, 0.15) is 62.5 Å². The van der Waals surface area contributed by atoms with Crippen molar-refractivity contribution < 1.29 is 14.3 Å². The summed E-state index contributed by atoms with van der Waals surface area (Å²) in [6.45, 7) is 4.32. The Morgan fingerprint density at radius 2 is 2.06 bits per heavy atom. The third kappa shape index (κ3) is 2.33. The van der Waals surface area contributed by atoms with Gasteiger partial charge in [-0.05, 0) is 25.2 Å². The number of carboxylic acid groups (broad SMARTS) is 1. The van der Waals surface area contributed by atoms with Gasteiger partial charge in [0.1, 0.15) is 0 Å². The van der Waals surface area contributed by atoms with Gasteiger partial charge in [0.05, 0.1) is 0 Å². The molecule has 1 aliphatic rings. The Balaban J connectivity index is 2.28. The second kappa shape index (κ2) is 4.47. The first-order chi connectivity index (χ1) is 8.03. The van der Waals surface area contributed by atoms with E-state index in [-0.39, 0.29) is 11.3 Å². The van der Waals surface area contributed by atoms with Crippen LogP contribution in [-0.4, -0.2) is 21.3 Å².